The number of hydrogen-bond donors (Lipinski definition) is 1. The van der Waals surface area contributed by atoms with E-state index in [-0.39, 0.29) is 16.2 Å². The molecule has 0 aliphatic heterocycles. The van der Waals surface area contributed by atoms with Crippen LogP contribution < -0.4 is 5.32 Å². The Balaban J connectivity index is 1.47. The smallest absolute Gasteiger partial charge is 0.261 e. The molecule has 4 bridgehead atoms. The van der Waals surface area contributed by atoms with Crippen LogP contribution >= 0.6 is 22.9 Å². The lowest BCUT2D eigenvalue weighted by molar-refractivity contribution is -0.0379. The Morgan fingerprint density at radius 2 is 2.10 bits per heavy atom. The van der Waals surface area contributed by atoms with Gasteiger partial charge in [0.1, 0.15) is 0 Å². The Hall–Kier alpha value is -0.540. The van der Waals surface area contributed by atoms with Crippen LogP contribution in [-0.4, -0.2) is 17.3 Å². The van der Waals surface area contributed by atoms with E-state index in [2.05, 4.69) is 5.32 Å². The van der Waals surface area contributed by atoms with Crippen LogP contribution in [0.5, 0.6) is 0 Å². The molecule has 1 aromatic rings. The minimum Gasteiger partial charge on any atom is -0.351 e. The maximum absolute atomic E-state index is 12.1. The fourth-order valence-electron chi connectivity index (χ4n) is 5.31. The highest BCUT2D eigenvalue weighted by Crippen LogP contribution is 2.63. The van der Waals surface area contributed by atoms with Crippen LogP contribution in [0.2, 0.25) is 0 Å². The summed E-state index contributed by atoms with van der Waals surface area (Å²) in [5, 5.41) is 5.12. The number of carbonyl (C=O) groups is 1. The predicted molar refractivity (Wildman–Crippen MR) is 82.4 cm³/mol. The quantitative estimate of drug-likeness (QED) is 0.838. The molecule has 1 heterocycles. The summed E-state index contributed by atoms with van der Waals surface area (Å²) in [6, 6.07) is 3.82. The van der Waals surface area contributed by atoms with Gasteiger partial charge in [0.25, 0.3) is 5.91 Å². The molecule has 2 nitrogen and oxygen atoms in total. The Bertz CT molecular complexity index is 513. The molecule has 4 saturated carbocycles. The number of halogens is 1. The van der Waals surface area contributed by atoms with Gasteiger partial charge in [-0.15, -0.1) is 22.9 Å². The second-order valence-electron chi connectivity index (χ2n) is 7.27. The molecular weight excluding hydrogens is 290 g/mol. The molecule has 1 N–H and O–H groups in total. The minimum atomic E-state index is 0.0394. The van der Waals surface area contributed by atoms with Crippen LogP contribution in [0.25, 0.3) is 0 Å². The zero-order valence-corrected chi connectivity index (χ0v) is 13.1. The summed E-state index contributed by atoms with van der Waals surface area (Å²) >= 11 is 8.33. The molecule has 4 aliphatic rings. The second kappa shape index (κ2) is 4.48. The summed E-state index contributed by atoms with van der Waals surface area (Å²) in [7, 11) is 0. The van der Waals surface area contributed by atoms with Gasteiger partial charge in [0.2, 0.25) is 0 Å². The van der Waals surface area contributed by atoms with Crippen LogP contribution in [0, 0.1) is 17.3 Å². The first-order valence-electron chi connectivity index (χ1n) is 7.57. The van der Waals surface area contributed by atoms with Crippen molar-refractivity contribution in [2.75, 3.05) is 6.54 Å². The van der Waals surface area contributed by atoms with E-state index in [1.54, 1.807) is 0 Å². The fourth-order valence-corrected chi connectivity index (χ4v) is 6.67. The van der Waals surface area contributed by atoms with Crippen molar-refractivity contribution in [2.24, 2.45) is 17.3 Å². The van der Waals surface area contributed by atoms with Gasteiger partial charge in [0.05, 0.1) is 4.88 Å². The SMILES string of the molecule is O=C(NCC12CC3CC(CC(Cl)(C3)C1)C2)c1cccs1. The first-order chi connectivity index (χ1) is 9.56. The summed E-state index contributed by atoms with van der Waals surface area (Å²) in [4.78, 5) is 13.0. The maximum atomic E-state index is 12.1. The van der Waals surface area contributed by atoms with Crippen molar-refractivity contribution in [2.45, 2.75) is 43.4 Å². The molecule has 4 aliphatic carbocycles. The molecule has 4 heteroatoms. The average Bonchev–Trinajstić information content (AvgIpc) is 2.86. The number of alkyl halides is 1. The molecule has 0 radical (unpaired) electrons. The topological polar surface area (TPSA) is 29.1 Å². The summed E-state index contributed by atoms with van der Waals surface area (Å²) in [6.45, 7) is 0.811. The highest BCUT2D eigenvalue weighted by atomic mass is 35.5. The first kappa shape index (κ1) is 13.1. The van der Waals surface area contributed by atoms with Gasteiger partial charge in [-0.25, -0.2) is 0 Å². The van der Waals surface area contributed by atoms with E-state index in [0.29, 0.717) is 0 Å². The van der Waals surface area contributed by atoms with Crippen molar-refractivity contribution < 1.29 is 4.79 Å². The van der Waals surface area contributed by atoms with Gasteiger partial charge in [-0.2, -0.15) is 0 Å². The predicted octanol–water partition coefficient (Wildman–Crippen LogP) is 4.06. The van der Waals surface area contributed by atoms with Crippen molar-refractivity contribution in [3.63, 3.8) is 0 Å². The van der Waals surface area contributed by atoms with Gasteiger partial charge in [-0.3, -0.25) is 4.79 Å². The number of amides is 1. The van der Waals surface area contributed by atoms with Crippen molar-refractivity contribution >= 4 is 28.8 Å². The molecule has 20 heavy (non-hydrogen) atoms. The number of nitrogens with one attached hydrogen (secondary N) is 1. The van der Waals surface area contributed by atoms with E-state index in [1.165, 1.54) is 43.4 Å². The molecule has 4 fully saturated rings. The summed E-state index contributed by atoms with van der Waals surface area (Å²) in [6.07, 6.45) is 7.40. The maximum Gasteiger partial charge on any atom is 0.261 e. The largest absolute Gasteiger partial charge is 0.351 e. The standard InChI is InChI=1S/C16H20ClNOS/c17-16-7-11-4-12(8-16)6-15(5-11,9-16)10-18-14(19)13-2-1-3-20-13/h1-3,11-12H,4-10H2,(H,18,19). The van der Waals surface area contributed by atoms with Gasteiger partial charge in [-0.05, 0) is 67.2 Å². The average molecular weight is 310 g/mol. The zero-order chi connectivity index (χ0) is 13.8. The Morgan fingerprint density at radius 3 is 2.70 bits per heavy atom. The van der Waals surface area contributed by atoms with E-state index < -0.39 is 0 Å². The minimum absolute atomic E-state index is 0.0394. The normalized spacial score (nSPS) is 41.9. The van der Waals surface area contributed by atoms with Gasteiger partial charge < -0.3 is 5.32 Å². The van der Waals surface area contributed by atoms with Crippen LogP contribution in [-0.2, 0) is 0 Å². The van der Waals surface area contributed by atoms with Crippen LogP contribution in [0.15, 0.2) is 17.5 Å². The monoisotopic (exact) mass is 309 g/mol. The molecule has 0 aromatic carbocycles. The lowest BCUT2D eigenvalue weighted by atomic mass is 9.49. The van der Waals surface area contributed by atoms with Gasteiger partial charge in [-0.1, -0.05) is 6.07 Å². The Morgan fingerprint density at radius 1 is 1.35 bits per heavy atom. The summed E-state index contributed by atoms with van der Waals surface area (Å²) in [5.41, 5.74) is 0.277. The van der Waals surface area contributed by atoms with Crippen LogP contribution in [0.3, 0.4) is 0 Å². The van der Waals surface area contributed by atoms with E-state index in [1.807, 2.05) is 17.5 Å². The zero-order valence-electron chi connectivity index (χ0n) is 11.5. The third-order valence-electron chi connectivity index (χ3n) is 5.48. The third kappa shape index (κ3) is 2.19. The lowest BCUT2D eigenvalue weighted by Crippen LogP contribution is -2.56. The van der Waals surface area contributed by atoms with Crippen molar-refractivity contribution in [1.82, 2.24) is 5.32 Å². The number of rotatable bonds is 3. The van der Waals surface area contributed by atoms with Gasteiger partial charge in [0, 0.05) is 11.4 Å². The Labute approximate surface area is 128 Å². The molecular formula is C16H20ClNOS. The van der Waals surface area contributed by atoms with Crippen LogP contribution in [0.4, 0.5) is 0 Å². The third-order valence-corrected chi connectivity index (χ3v) is 6.79. The van der Waals surface area contributed by atoms with Crippen molar-refractivity contribution in [3.05, 3.63) is 22.4 Å². The highest BCUT2D eigenvalue weighted by Gasteiger charge is 2.56. The van der Waals surface area contributed by atoms with Crippen LogP contribution in [0.1, 0.15) is 48.2 Å². The lowest BCUT2D eigenvalue weighted by Gasteiger charge is -2.60. The molecule has 5 rings (SSSR count). The first-order valence-corrected chi connectivity index (χ1v) is 8.82. The molecule has 0 spiro atoms. The van der Waals surface area contributed by atoms with E-state index >= 15 is 0 Å². The fraction of sp³-hybridized carbons (Fsp3) is 0.688. The number of hydrogen-bond acceptors (Lipinski definition) is 2. The van der Waals surface area contributed by atoms with Gasteiger partial charge in [0.15, 0.2) is 0 Å². The van der Waals surface area contributed by atoms with Crippen molar-refractivity contribution in [1.29, 1.82) is 0 Å². The number of carbonyl (C=O) groups excluding carboxylic acids is 1. The highest BCUT2D eigenvalue weighted by molar-refractivity contribution is 7.12. The molecule has 108 valence electrons. The van der Waals surface area contributed by atoms with Gasteiger partial charge >= 0.3 is 0 Å². The van der Waals surface area contributed by atoms with Crippen molar-refractivity contribution in [3.8, 4) is 0 Å². The second-order valence-corrected chi connectivity index (χ2v) is 9.02. The molecule has 2 unspecified atom stereocenters. The molecule has 2 atom stereocenters. The molecule has 1 aromatic heterocycles. The summed E-state index contributed by atoms with van der Waals surface area (Å²) < 4.78 is 0. The number of thiophene rings is 1. The van der Waals surface area contributed by atoms with E-state index in [4.69, 9.17) is 11.6 Å². The molecule has 1 amide bonds. The Kier molecular flexibility index (Phi) is 2.94. The summed E-state index contributed by atoms with van der Waals surface area (Å²) in [5.74, 6) is 1.68. The van der Waals surface area contributed by atoms with E-state index in [9.17, 15) is 4.79 Å². The van der Waals surface area contributed by atoms with E-state index in [0.717, 1.165) is 29.7 Å². The molecule has 0 saturated heterocycles.